The fourth-order valence-electron chi connectivity index (χ4n) is 3.66. The predicted octanol–water partition coefficient (Wildman–Crippen LogP) is 2.21. The van der Waals surface area contributed by atoms with Crippen molar-refractivity contribution >= 4 is 5.91 Å². The number of aliphatic hydroxyl groups excluding tert-OH is 1. The maximum atomic E-state index is 12.5. The Labute approximate surface area is 120 Å². The molecule has 1 aromatic carbocycles. The highest BCUT2D eigenvalue weighted by Gasteiger charge is 2.36. The van der Waals surface area contributed by atoms with Crippen molar-refractivity contribution in [3.8, 4) is 0 Å². The normalized spacial score (nSPS) is 24.1. The standard InChI is InChI=1S/C17H23NO2/c19-12-17(9-3-4-10-17)18-16(20)15-8-7-13-5-1-2-6-14(13)11-15/h1-2,5-6,15,19H,3-4,7-12H2,(H,18,20). The molecule has 1 atom stereocenters. The quantitative estimate of drug-likeness (QED) is 0.887. The Bertz CT molecular complexity index is 492. The van der Waals surface area contributed by atoms with Crippen LogP contribution in [0, 0.1) is 5.92 Å². The summed E-state index contributed by atoms with van der Waals surface area (Å²) in [6, 6.07) is 8.41. The van der Waals surface area contributed by atoms with Crippen molar-refractivity contribution in [3.05, 3.63) is 35.4 Å². The lowest BCUT2D eigenvalue weighted by atomic mass is 9.83. The second kappa shape index (κ2) is 5.57. The summed E-state index contributed by atoms with van der Waals surface area (Å²) in [5.41, 5.74) is 2.35. The van der Waals surface area contributed by atoms with Crippen LogP contribution in [0.5, 0.6) is 0 Å². The van der Waals surface area contributed by atoms with Crippen LogP contribution in [-0.4, -0.2) is 23.2 Å². The first-order chi connectivity index (χ1) is 9.72. The Morgan fingerprint density at radius 3 is 2.65 bits per heavy atom. The molecule has 0 aliphatic heterocycles. The lowest BCUT2D eigenvalue weighted by Crippen LogP contribution is -2.51. The first-order valence-electron chi connectivity index (χ1n) is 7.72. The number of fused-ring (bicyclic) bond motifs is 1. The number of carbonyl (C=O) groups is 1. The van der Waals surface area contributed by atoms with Crippen molar-refractivity contribution in [2.24, 2.45) is 5.92 Å². The summed E-state index contributed by atoms with van der Waals surface area (Å²) in [7, 11) is 0. The average Bonchev–Trinajstić information content (AvgIpc) is 2.96. The van der Waals surface area contributed by atoms with Gasteiger partial charge in [-0.15, -0.1) is 0 Å². The molecule has 108 valence electrons. The molecule has 0 bridgehead atoms. The van der Waals surface area contributed by atoms with Crippen molar-refractivity contribution in [1.29, 1.82) is 0 Å². The van der Waals surface area contributed by atoms with E-state index in [9.17, 15) is 9.90 Å². The average molecular weight is 273 g/mol. The molecule has 0 heterocycles. The SMILES string of the molecule is O=C(NC1(CO)CCCC1)C1CCc2ccccc2C1. The molecule has 1 fully saturated rings. The van der Waals surface area contributed by atoms with Crippen LogP contribution in [0.3, 0.4) is 0 Å². The topological polar surface area (TPSA) is 49.3 Å². The molecule has 0 aromatic heterocycles. The maximum absolute atomic E-state index is 12.5. The maximum Gasteiger partial charge on any atom is 0.223 e. The molecule has 1 unspecified atom stereocenters. The van der Waals surface area contributed by atoms with Gasteiger partial charge in [0, 0.05) is 5.92 Å². The number of carbonyl (C=O) groups excluding carboxylic acids is 1. The number of aliphatic hydroxyl groups is 1. The molecule has 3 heteroatoms. The molecule has 0 saturated heterocycles. The Balaban J connectivity index is 1.67. The molecule has 1 aromatic rings. The molecule has 2 N–H and O–H groups in total. The third kappa shape index (κ3) is 2.59. The van der Waals surface area contributed by atoms with E-state index in [4.69, 9.17) is 0 Å². The van der Waals surface area contributed by atoms with Crippen LogP contribution in [0.2, 0.25) is 0 Å². The van der Waals surface area contributed by atoms with Gasteiger partial charge in [-0.2, -0.15) is 0 Å². The summed E-state index contributed by atoms with van der Waals surface area (Å²) in [5, 5.41) is 12.8. The highest BCUT2D eigenvalue weighted by atomic mass is 16.3. The molecule has 1 amide bonds. The summed E-state index contributed by atoms with van der Waals surface area (Å²) < 4.78 is 0. The lowest BCUT2D eigenvalue weighted by Gasteiger charge is -2.32. The molecule has 0 radical (unpaired) electrons. The minimum absolute atomic E-state index is 0.0638. The number of amides is 1. The Kier molecular flexibility index (Phi) is 3.79. The van der Waals surface area contributed by atoms with Crippen LogP contribution >= 0.6 is 0 Å². The molecular formula is C17H23NO2. The van der Waals surface area contributed by atoms with Crippen LogP contribution in [0.25, 0.3) is 0 Å². The molecule has 1 saturated carbocycles. The molecular weight excluding hydrogens is 250 g/mol. The molecule has 3 nitrogen and oxygen atoms in total. The fraction of sp³-hybridized carbons (Fsp3) is 0.588. The van der Waals surface area contributed by atoms with Crippen LogP contribution in [0.15, 0.2) is 24.3 Å². The Morgan fingerprint density at radius 1 is 1.25 bits per heavy atom. The van der Waals surface area contributed by atoms with Gasteiger partial charge >= 0.3 is 0 Å². The number of benzene rings is 1. The van der Waals surface area contributed by atoms with E-state index >= 15 is 0 Å². The van der Waals surface area contributed by atoms with Crippen molar-refractivity contribution in [1.82, 2.24) is 5.32 Å². The first-order valence-corrected chi connectivity index (χ1v) is 7.72. The molecule has 20 heavy (non-hydrogen) atoms. The van der Waals surface area contributed by atoms with Crippen molar-refractivity contribution in [3.63, 3.8) is 0 Å². The molecule has 2 aliphatic rings. The zero-order chi connectivity index (χ0) is 14.0. The van der Waals surface area contributed by atoms with Gasteiger partial charge in [0.1, 0.15) is 0 Å². The number of hydrogen-bond acceptors (Lipinski definition) is 2. The fourth-order valence-corrected chi connectivity index (χ4v) is 3.66. The van der Waals surface area contributed by atoms with E-state index in [2.05, 4.69) is 23.5 Å². The Morgan fingerprint density at radius 2 is 1.95 bits per heavy atom. The zero-order valence-corrected chi connectivity index (χ0v) is 11.9. The summed E-state index contributed by atoms with van der Waals surface area (Å²) >= 11 is 0. The third-order valence-electron chi connectivity index (χ3n) is 4.97. The van der Waals surface area contributed by atoms with Crippen LogP contribution in [0.1, 0.15) is 43.2 Å². The minimum atomic E-state index is -0.339. The van der Waals surface area contributed by atoms with Gasteiger partial charge in [-0.05, 0) is 43.2 Å². The summed E-state index contributed by atoms with van der Waals surface area (Å²) in [6.07, 6.45) is 6.79. The van der Waals surface area contributed by atoms with E-state index in [1.165, 1.54) is 11.1 Å². The number of rotatable bonds is 3. The van der Waals surface area contributed by atoms with E-state index in [1.54, 1.807) is 0 Å². The predicted molar refractivity (Wildman–Crippen MR) is 78.4 cm³/mol. The van der Waals surface area contributed by atoms with Gasteiger partial charge in [-0.3, -0.25) is 4.79 Å². The monoisotopic (exact) mass is 273 g/mol. The highest BCUT2D eigenvalue weighted by molar-refractivity contribution is 5.80. The van der Waals surface area contributed by atoms with Gasteiger partial charge in [0.25, 0.3) is 0 Å². The second-order valence-corrected chi connectivity index (χ2v) is 6.34. The number of aryl methyl sites for hydroxylation is 1. The lowest BCUT2D eigenvalue weighted by molar-refractivity contribution is -0.127. The van der Waals surface area contributed by atoms with Crippen LogP contribution in [0.4, 0.5) is 0 Å². The van der Waals surface area contributed by atoms with E-state index in [1.807, 2.05) is 6.07 Å². The van der Waals surface area contributed by atoms with Gasteiger partial charge in [-0.1, -0.05) is 37.1 Å². The van der Waals surface area contributed by atoms with Gasteiger partial charge in [0.15, 0.2) is 0 Å². The first kappa shape index (κ1) is 13.6. The van der Waals surface area contributed by atoms with E-state index in [0.717, 1.165) is 44.9 Å². The minimum Gasteiger partial charge on any atom is -0.394 e. The second-order valence-electron chi connectivity index (χ2n) is 6.34. The molecule has 2 aliphatic carbocycles. The van der Waals surface area contributed by atoms with Crippen molar-refractivity contribution in [2.75, 3.05) is 6.61 Å². The van der Waals surface area contributed by atoms with Crippen molar-refractivity contribution < 1.29 is 9.90 Å². The zero-order valence-electron chi connectivity index (χ0n) is 11.9. The third-order valence-corrected chi connectivity index (χ3v) is 4.97. The molecule has 3 rings (SSSR count). The van der Waals surface area contributed by atoms with E-state index < -0.39 is 0 Å². The summed E-state index contributed by atoms with van der Waals surface area (Å²) in [4.78, 5) is 12.5. The highest BCUT2D eigenvalue weighted by Crippen LogP contribution is 2.31. The van der Waals surface area contributed by atoms with E-state index in [0.29, 0.717) is 0 Å². The van der Waals surface area contributed by atoms with Crippen LogP contribution < -0.4 is 5.32 Å². The summed E-state index contributed by atoms with van der Waals surface area (Å²) in [6.45, 7) is 0.0715. The van der Waals surface area contributed by atoms with Gasteiger partial charge in [0.2, 0.25) is 5.91 Å². The number of nitrogens with one attached hydrogen (secondary N) is 1. The van der Waals surface area contributed by atoms with Gasteiger partial charge < -0.3 is 10.4 Å². The number of hydrogen-bond donors (Lipinski definition) is 2. The van der Waals surface area contributed by atoms with Crippen molar-refractivity contribution in [2.45, 2.75) is 50.5 Å². The van der Waals surface area contributed by atoms with Gasteiger partial charge in [-0.25, -0.2) is 0 Å². The van der Waals surface area contributed by atoms with Crippen LogP contribution in [-0.2, 0) is 17.6 Å². The smallest absolute Gasteiger partial charge is 0.223 e. The largest absolute Gasteiger partial charge is 0.394 e. The van der Waals surface area contributed by atoms with Gasteiger partial charge in [0.05, 0.1) is 12.1 Å². The molecule has 0 spiro atoms. The summed E-state index contributed by atoms with van der Waals surface area (Å²) in [5.74, 6) is 0.198. The van der Waals surface area contributed by atoms with E-state index in [-0.39, 0.29) is 24.0 Å². The Hall–Kier alpha value is -1.35.